The summed E-state index contributed by atoms with van der Waals surface area (Å²) in [4.78, 5) is 0. The molecule has 0 aliphatic heterocycles. The molecule has 1 aromatic carbocycles. The molecule has 1 aromatic rings. The topological polar surface area (TPSA) is 29.5 Å². The summed E-state index contributed by atoms with van der Waals surface area (Å²) >= 11 is 5.65. The van der Waals surface area contributed by atoms with Gasteiger partial charge in [0.15, 0.2) is 11.6 Å². The molecule has 0 bridgehead atoms. The molecule has 1 aliphatic carbocycles. The first kappa shape index (κ1) is 11.7. The monoisotopic (exact) mass is 244 g/mol. The van der Waals surface area contributed by atoms with E-state index in [-0.39, 0.29) is 16.9 Å². The Bertz CT molecular complexity index is 370. The summed E-state index contributed by atoms with van der Waals surface area (Å²) in [5.74, 6) is -0.430. The quantitative estimate of drug-likeness (QED) is 0.866. The van der Waals surface area contributed by atoms with E-state index in [0.29, 0.717) is 6.42 Å². The second-order valence-corrected chi connectivity index (χ2v) is 4.47. The fourth-order valence-electron chi connectivity index (χ4n) is 1.95. The van der Waals surface area contributed by atoms with Crippen molar-refractivity contribution in [3.05, 3.63) is 29.0 Å². The molecule has 0 amide bonds. The fourth-order valence-corrected chi connectivity index (χ4v) is 2.12. The van der Waals surface area contributed by atoms with Crippen LogP contribution in [0, 0.1) is 5.82 Å². The van der Waals surface area contributed by atoms with Crippen molar-refractivity contribution in [1.82, 2.24) is 0 Å². The minimum atomic E-state index is -0.554. The summed E-state index contributed by atoms with van der Waals surface area (Å²) < 4.78 is 19.0. The maximum absolute atomic E-state index is 13.5. The summed E-state index contributed by atoms with van der Waals surface area (Å²) in [6, 6.07) is 4.64. The standard InChI is InChI=1S/C12H14ClFO2/c13-8-4-3-7-11(12(8)14)16-10-6-2-1-5-9(10)15/h3-4,7,9-10,15H,1-2,5-6H2/t9-,10-/m0/s1. The van der Waals surface area contributed by atoms with Crippen LogP contribution in [0.15, 0.2) is 18.2 Å². The van der Waals surface area contributed by atoms with Crippen LogP contribution in [0.1, 0.15) is 25.7 Å². The Labute approximate surface area is 99.0 Å². The van der Waals surface area contributed by atoms with E-state index in [9.17, 15) is 9.50 Å². The van der Waals surface area contributed by atoms with Crippen LogP contribution in [0.5, 0.6) is 5.75 Å². The van der Waals surface area contributed by atoms with Crippen LogP contribution < -0.4 is 4.74 Å². The van der Waals surface area contributed by atoms with Gasteiger partial charge in [-0.25, -0.2) is 4.39 Å². The SMILES string of the molecule is O[C@H]1CCCC[C@@H]1Oc1cccc(Cl)c1F. The number of halogens is 2. The van der Waals surface area contributed by atoms with E-state index in [2.05, 4.69) is 0 Å². The number of hydrogen-bond acceptors (Lipinski definition) is 2. The van der Waals surface area contributed by atoms with Gasteiger partial charge in [0, 0.05) is 0 Å². The van der Waals surface area contributed by atoms with Crippen molar-refractivity contribution >= 4 is 11.6 Å². The van der Waals surface area contributed by atoms with Crippen molar-refractivity contribution < 1.29 is 14.2 Å². The lowest BCUT2D eigenvalue weighted by Crippen LogP contribution is -2.34. The van der Waals surface area contributed by atoms with E-state index in [0.717, 1.165) is 19.3 Å². The molecule has 1 N–H and O–H groups in total. The summed E-state index contributed by atoms with van der Waals surface area (Å²) in [7, 11) is 0. The van der Waals surface area contributed by atoms with Gasteiger partial charge < -0.3 is 9.84 Å². The van der Waals surface area contributed by atoms with E-state index < -0.39 is 11.9 Å². The Balaban J connectivity index is 2.10. The molecule has 16 heavy (non-hydrogen) atoms. The lowest BCUT2D eigenvalue weighted by atomic mass is 9.95. The average molecular weight is 245 g/mol. The number of benzene rings is 1. The first-order valence-electron chi connectivity index (χ1n) is 5.47. The minimum absolute atomic E-state index is 0.0443. The predicted octanol–water partition coefficient (Wildman–Crippen LogP) is 3.16. The van der Waals surface area contributed by atoms with Gasteiger partial charge >= 0.3 is 0 Å². The van der Waals surface area contributed by atoms with E-state index in [1.54, 1.807) is 6.07 Å². The predicted molar refractivity (Wildman–Crippen MR) is 60.3 cm³/mol. The van der Waals surface area contributed by atoms with Crippen LogP contribution >= 0.6 is 11.6 Å². The molecule has 2 atom stereocenters. The van der Waals surface area contributed by atoms with Gasteiger partial charge in [0.25, 0.3) is 0 Å². The van der Waals surface area contributed by atoms with Crippen molar-refractivity contribution in [2.24, 2.45) is 0 Å². The summed E-state index contributed by atoms with van der Waals surface area (Å²) in [5, 5.41) is 9.75. The fraction of sp³-hybridized carbons (Fsp3) is 0.500. The molecular weight excluding hydrogens is 231 g/mol. The molecule has 88 valence electrons. The zero-order valence-electron chi connectivity index (χ0n) is 8.83. The molecule has 0 saturated heterocycles. The van der Waals surface area contributed by atoms with Gasteiger partial charge in [-0.15, -0.1) is 0 Å². The van der Waals surface area contributed by atoms with Crippen molar-refractivity contribution in [2.75, 3.05) is 0 Å². The van der Waals surface area contributed by atoms with Gasteiger partial charge in [-0.2, -0.15) is 0 Å². The average Bonchev–Trinajstić information content (AvgIpc) is 2.28. The number of ether oxygens (including phenoxy) is 1. The van der Waals surface area contributed by atoms with Gasteiger partial charge in [0.1, 0.15) is 6.10 Å². The molecule has 2 nitrogen and oxygen atoms in total. The molecule has 4 heteroatoms. The van der Waals surface area contributed by atoms with Crippen molar-refractivity contribution in [3.63, 3.8) is 0 Å². The minimum Gasteiger partial charge on any atom is -0.485 e. The van der Waals surface area contributed by atoms with Crippen LogP contribution in [-0.2, 0) is 0 Å². The molecular formula is C12H14ClFO2. The van der Waals surface area contributed by atoms with Crippen LogP contribution in [-0.4, -0.2) is 17.3 Å². The Morgan fingerprint density at radius 3 is 2.81 bits per heavy atom. The van der Waals surface area contributed by atoms with Crippen LogP contribution in [0.25, 0.3) is 0 Å². The largest absolute Gasteiger partial charge is 0.485 e. The van der Waals surface area contributed by atoms with Crippen LogP contribution in [0.4, 0.5) is 4.39 Å². The number of rotatable bonds is 2. The third-order valence-corrected chi connectivity index (χ3v) is 3.15. The maximum Gasteiger partial charge on any atom is 0.183 e. The van der Waals surface area contributed by atoms with E-state index in [1.807, 2.05) is 0 Å². The zero-order valence-corrected chi connectivity index (χ0v) is 9.58. The normalized spacial score (nSPS) is 25.4. The van der Waals surface area contributed by atoms with Gasteiger partial charge in [0.05, 0.1) is 11.1 Å². The first-order chi connectivity index (χ1) is 7.68. The van der Waals surface area contributed by atoms with E-state index >= 15 is 0 Å². The molecule has 1 aliphatic rings. The van der Waals surface area contributed by atoms with Gasteiger partial charge in [-0.1, -0.05) is 24.1 Å². The molecule has 0 heterocycles. The van der Waals surface area contributed by atoms with E-state index in [1.165, 1.54) is 12.1 Å². The second-order valence-electron chi connectivity index (χ2n) is 4.06. The lowest BCUT2D eigenvalue weighted by Gasteiger charge is -2.28. The second kappa shape index (κ2) is 5.02. The summed E-state index contributed by atoms with van der Waals surface area (Å²) in [6.45, 7) is 0. The molecule has 0 aromatic heterocycles. The molecule has 0 unspecified atom stereocenters. The highest BCUT2D eigenvalue weighted by atomic mass is 35.5. The third kappa shape index (κ3) is 2.47. The highest BCUT2D eigenvalue weighted by Crippen LogP contribution is 2.28. The highest BCUT2D eigenvalue weighted by Gasteiger charge is 2.25. The molecule has 2 rings (SSSR count). The van der Waals surface area contributed by atoms with Crippen LogP contribution in [0.2, 0.25) is 5.02 Å². The van der Waals surface area contributed by atoms with Crippen molar-refractivity contribution in [3.8, 4) is 5.75 Å². The molecule has 0 radical (unpaired) electrons. The number of aliphatic hydroxyl groups is 1. The highest BCUT2D eigenvalue weighted by molar-refractivity contribution is 6.30. The summed E-state index contributed by atoms with van der Waals surface area (Å²) in [5.41, 5.74) is 0. The van der Waals surface area contributed by atoms with Gasteiger partial charge in [0.2, 0.25) is 0 Å². The van der Waals surface area contributed by atoms with Gasteiger partial charge in [-0.3, -0.25) is 0 Å². The third-order valence-electron chi connectivity index (χ3n) is 2.86. The Morgan fingerprint density at radius 1 is 1.31 bits per heavy atom. The summed E-state index contributed by atoms with van der Waals surface area (Å²) in [6.07, 6.45) is 2.65. The Hall–Kier alpha value is -0.800. The first-order valence-corrected chi connectivity index (χ1v) is 5.85. The number of hydrogen-bond donors (Lipinski definition) is 1. The van der Waals surface area contributed by atoms with Crippen molar-refractivity contribution in [2.45, 2.75) is 37.9 Å². The molecule has 0 spiro atoms. The maximum atomic E-state index is 13.5. The Kier molecular flexibility index (Phi) is 3.66. The lowest BCUT2D eigenvalue weighted by molar-refractivity contribution is 0.00500. The number of aliphatic hydroxyl groups excluding tert-OH is 1. The molecule has 1 saturated carbocycles. The Morgan fingerprint density at radius 2 is 2.06 bits per heavy atom. The smallest absolute Gasteiger partial charge is 0.183 e. The van der Waals surface area contributed by atoms with Gasteiger partial charge in [-0.05, 0) is 31.4 Å². The van der Waals surface area contributed by atoms with Crippen LogP contribution in [0.3, 0.4) is 0 Å². The molecule has 1 fully saturated rings. The van der Waals surface area contributed by atoms with Crippen molar-refractivity contribution in [1.29, 1.82) is 0 Å². The van der Waals surface area contributed by atoms with E-state index in [4.69, 9.17) is 16.3 Å². The zero-order chi connectivity index (χ0) is 11.5.